The number of hydrogen-bond donors (Lipinski definition) is 1. The number of benzene rings is 1. The van der Waals surface area contributed by atoms with Crippen LogP contribution in [0, 0.1) is 24.0 Å². The number of nitrogens with zero attached hydrogens (tertiary/aromatic N) is 3. The molecule has 1 aromatic carbocycles. The van der Waals surface area contributed by atoms with Gasteiger partial charge in [-0.2, -0.15) is 0 Å². The van der Waals surface area contributed by atoms with Gasteiger partial charge in [0.05, 0.1) is 16.1 Å². The Bertz CT molecular complexity index is 704. The van der Waals surface area contributed by atoms with Gasteiger partial charge in [0.2, 0.25) is 0 Å². The van der Waals surface area contributed by atoms with E-state index in [9.17, 15) is 10.1 Å². The standard InChI is InChI=1S/C16H22N4O2.ClH/c1-11-10-12(2)16(20(21)22)14-13(6-8-18-15(11)14)17-7-5-9-19(3)4;/h6,8,10H,5,7,9H2,1-4H3,(H,17,18);1H. The molecule has 0 spiro atoms. The van der Waals surface area contributed by atoms with Crippen molar-refractivity contribution in [3.63, 3.8) is 0 Å². The van der Waals surface area contributed by atoms with Gasteiger partial charge in [-0.1, -0.05) is 0 Å². The van der Waals surface area contributed by atoms with Crippen LogP contribution in [0.1, 0.15) is 17.5 Å². The van der Waals surface area contributed by atoms with E-state index in [4.69, 9.17) is 0 Å². The summed E-state index contributed by atoms with van der Waals surface area (Å²) in [4.78, 5) is 17.6. The maximum Gasteiger partial charge on any atom is 0.283 e. The summed E-state index contributed by atoms with van der Waals surface area (Å²) in [6, 6.07) is 3.63. The first-order valence-electron chi connectivity index (χ1n) is 7.33. The van der Waals surface area contributed by atoms with Crippen molar-refractivity contribution in [2.45, 2.75) is 20.3 Å². The molecule has 23 heavy (non-hydrogen) atoms. The number of anilines is 1. The second-order valence-corrected chi connectivity index (χ2v) is 5.78. The fourth-order valence-electron chi connectivity index (χ4n) is 2.66. The van der Waals surface area contributed by atoms with Crippen molar-refractivity contribution in [2.75, 3.05) is 32.5 Å². The Labute approximate surface area is 142 Å². The lowest BCUT2D eigenvalue weighted by molar-refractivity contribution is -0.383. The summed E-state index contributed by atoms with van der Waals surface area (Å²) in [5.41, 5.74) is 3.23. The molecule has 0 aliphatic rings. The summed E-state index contributed by atoms with van der Waals surface area (Å²) in [6.07, 6.45) is 2.66. The molecule has 2 aromatic rings. The highest BCUT2D eigenvalue weighted by atomic mass is 35.5. The summed E-state index contributed by atoms with van der Waals surface area (Å²) >= 11 is 0. The quantitative estimate of drug-likeness (QED) is 0.495. The minimum Gasteiger partial charge on any atom is -0.384 e. The van der Waals surface area contributed by atoms with Gasteiger partial charge in [0.1, 0.15) is 5.39 Å². The van der Waals surface area contributed by atoms with Gasteiger partial charge in [-0.25, -0.2) is 0 Å². The molecule has 0 atom stereocenters. The molecular weight excluding hydrogens is 316 g/mol. The molecule has 126 valence electrons. The Morgan fingerprint density at radius 1 is 1.30 bits per heavy atom. The third kappa shape index (κ3) is 4.30. The molecular formula is C16H23ClN4O2. The van der Waals surface area contributed by atoms with E-state index in [0.717, 1.165) is 30.8 Å². The van der Waals surface area contributed by atoms with E-state index in [0.29, 0.717) is 16.5 Å². The zero-order chi connectivity index (χ0) is 16.3. The van der Waals surface area contributed by atoms with E-state index in [1.54, 1.807) is 13.1 Å². The lowest BCUT2D eigenvalue weighted by Gasteiger charge is -2.13. The number of nitro benzene ring substituents is 1. The lowest BCUT2D eigenvalue weighted by atomic mass is 10.0. The van der Waals surface area contributed by atoms with E-state index >= 15 is 0 Å². The molecule has 0 aliphatic heterocycles. The highest BCUT2D eigenvalue weighted by Gasteiger charge is 2.21. The Morgan fingerprint density at radius 3 is 2.61 bits per heavy atom. The van der Waals surface area contributed by atoms with Crippen LogP contribution < -0.4 is 5.32 Å². The van der Waals surface area contributed by atoms with Gasteiger partial charge in [-0.05, 0) is 58.6 Å². The molecule has 0 unspecified atom stereocenters. The van der Waals surface area contributed by atoms with E-state index in [1.807, 2.05) is 33.2 Å². The van der Waals surface area contributed by atoms with Crippen LogP contribution in [0.2, 0.25) is 0 Å². The van der Waals surface area contributed by atoms with Gasteiger partial charge in [-0.3, -0.25) is 15.1 Å². The zero-order valence-corrected chi connectivity index (χ0v) is 14.7. The first kappa shape index (κ1) is 19.1. The van der Waals surface area contributed by atoms with Gasteiger partial charge >= 0.3 is 0 Å². The van der Waals surface area contributed by atoms with Gasteiger partial charge in [0.15, 0.2) is 0 Å². The molecule has 0 fully saturated rings. The number of rotatable bonds is 6. The number of aromatic nitrogens is 1. The zero-order valence-electron chi connectivity index (χ0n) is 13.9. The minimum absolute atomic E-state index is 0. The van der Waals surface area contributed by atoms with Crippen molar-refractivity contribution in [2.24, 2.45) is 0 Å². The summed E-state index contributed by atoms with van der Waals surface area (Å²) in [7, 11) is 4.05. The van der Waals surface area contributed by atoms with Crippen molar-refractivity contribution < 1.29 is 4.92 Å². The van der Waals surface area contributed by atoms with Crippen molar-refractivity contribution in [1.29, 1.82) is 0 Å². The van der Waals surface area contributed by atoms with Crippen LogP contribution in [0.4, 0.5) is 11.4 Å². The molecule has 0 bridgehead atoms. The number of fused-ring (bicyclic) bond motifs is 1. The van der Waals surface area contributed by atoms with Gasteiger partial charge in [0.25, 0.3) is 5.69 Å². The third-order valence-corrected chi connectivity index (χ3v) is 3.65. The minimum atomic E-state index is -0.316. The van der Waals surface area contributed by atoms with Crippen LogP contribution in [0.15, 0.2) is 18.3 Å². The summed E-state index contributed by atoms with van der Waals surface area (Å²) < 4.78 is 0. The van der Waals surface area contributed by atoms with Crippen LogP contribution in [0.25, 0.3) is 10.9 Å². The average molecular weight is 339 g/mol. The van der Waals surface area contributed by atoms with E-state index in [-0.39, 0.29) is 23.0 Å². The highest BCUT2D eigenvalue weighted by Crippen LogP contribution is 2.35. The van der Waals surface area contributed by atoms with Crippen molar-refractivity contribution >= 4 is 34.7 Å². The Balaban J connectivity index is 0.00000264. The smallest absolute Gasteiger partial charge is 0.283 e. The Kier molecular flexibility index (Phi) is 6.72. The largest absolute Gasteiger partial charge is 0.384 e. The number of halogens is 1. The fraction of sp³-hybridized carbons (Fsp3) is 0.438. The van der Waals surface area contributed by atoms with Crippen molar-refractivity contribution in [3.05, 3.63) is 39.6 Å². The van der Waals surface area contributed by atoms with Crippen LogP contribution >= 0.6 is 12.4 Å². The maximum absolute atomic E-state index is 11.5. The molecule has 0 aliphatic carbocycles. The number of nitrogens with one attached hydrogen (secondary N) is 1. The predicted molar refractivity (Wildman–Crippen MR) is 96.8 cm³/mol. The number of nitro groups is 1. The van der Waals surface area contributed by atoms with Gasteiger partial charge in [-0.15, -0.1) is 12.4 Å². The van der Waals surface area contributed by atoms with E-state index < -0.39 is 0 Å². The fourth-order valence-corrected chi connectivity index (χ4v) is 2.66. The van der Waals surface area contributed by atoms with Crippen LogP contribution in [-0.4, -0.2) is 42.0 Å². The molecule has 1 N–H and O–H groups in total. The average Bonchev–Trinajstić information content (AvgIpc) is 2.43. The summed E-state index contributed by atoms with van der Waals surface area (Å²) in [5.74, 6) is 0. The van der Waals surface area contributed by atoms with Crippen LogP contribution in [-0.2, 0) is 0 Å². The summed E-state index contributed by atoms with van der Waals surface area (Å²) in [5, 5.41) is 15.4. The maximum atomic E-state index is 11.5. The first-order chi connectivity index (χ1) is 10.4. The second-order valence-electron chi connectivity index (χ2n) is 5.78. The lowest BCUT2D eigenvalue weighted by Crippen LogP contribution is -2.16. The monoisotopic (exact) mass is 338 g/mol. The molecule has 2 rings (SSSR count). The van der Waals surface area contributed by atoms with Gasteiger partial charge < -0.3 is 10.2 Å². The van der Waals surface area contributed by atoms with E-state index in [1.165, 1.54) is 0 Å². The molecule has 1 heterocycles. The van der Waals surface area contributed by atoms with Crippen LogP contribution in [0.5, 0.6) is 0 Å². The molecule has 0 saturated carbocycles. The Morgan fingerprint density at radius 2 is 2.00 bits per heavy atom. The molecule has 0 amide bonds. The SMILES string of the molecule is Cc1cc(C)c2nccc(NCCCN(C)C)c2c1[N+](=O)[O-].Cl. The summed E-state index contributed by atoms with van der Waals surface area (Å²) in [6.45, 7) is 5.44. The Hall–Kier alpha value is -1.92. The number of pyridine rings is 1. The van der Waals surface area contributed by atoms with Crippen molar-refractivity contribution in [3.8, 4) is 0 Å². The number of aryl methyl sites for hydroxylation is 2. The van der Waals surface area contributed by atoms with Crippen molar-refractivity contribution in [1.82, 2.24) is 9.88 Å². The van der Waals surface area contributed by atoms with E-state index in [2.05, 4.69) is 15.2 Å². The highest BCUT2D eigenvalue weighted by molar-refractivity contribution is 6.01. The molecule has 0 radical (unpaired) electrons. The predicted octanol–water partition coefficient (Wildman–Crippen LogP) is 3.55. The second kappa shape index (κ2) is 8.08. The topological polar surface area (TPSA) is 71.3 Å². The molecule has 6 nitrogen and oxygen atoms in total. The third-order valence-electron chi connectivity index (χ3n) is 3.65. The normalized spacial score (nSPS) is 10.7. The first-order valence-corrected chi connectivity index (χ1v) is 7.33. The number of hydrogen-bond acceptors (Lipinski definition) is 5. The molecule has 7 heteroatoms. The molecule has 1 aromatic heterocycles. The van der Waals surface area contributed by atoms with Gasteiger partial charge in [0, 0.05) is 18.3 Å². The molecule has 0 saturated heterocycles. The van der Waals surface area contributed by atoms with Crippen LogP contribution in [0.3, 0.4) is 0 Å².